The number of aryl methyl sites for hydroxylation is 1. The van der Waals surface area contributed by atoms with Crippen molar-refractivity contribution in [1.29, 1.82) is 0 Å². The SMILES string of the molecule is CCN[C@H](C)CNC(=O)Cc1c(C)nn(-c2ccc(Cl)cc2)c1C. The summed E-state index contributed by atoms with van der Waals surface area (Å²) in [5.74, 6) is 0.0154. The van der Waals surface area contributed by atoms with Crippen LogP contribution in [0.3, 0.4) is 0 Å². The van der Waals surface area contributed by atoms with Crippen LogP contribution < -0.4 is 10.6 Å². The Morgan fingerprint density at radius 1 is 1.29 bits per heavy atom. The number of nitrogens with one attached hydrogen (secondary N) is 2. The van der Waals surface area contributed by atoms with E-state index in [2.05, 4.69) is 29.6 Å². The zero-order valence-electron chi connectivity index (χ0n) is 14.7. The highest BCUT2D eigenvalue weighted by atomic mass is 35.5. The van der Waals surface area contributed by atoms with Crippen LogP contribution in [0.2, 0.25) is 5.02 Å². The van der Waals surface area contributed by atoms with E-state index in [0.717, 1.165) is 29.2 Å². The molecule has 0 radical (unpaired) electrons. The molecule has 1 heterocycles. The van der Waals surface area contributed by atoms with Crippen LogP contribution in [0.4, 0.5) is 0 Å². The summed E-state index contributed by atoms with van der Waals surface area (Å²) < 4.78 is 1.86. The predicted molar refractivity (Wildman–Crippen MR) is 97.9 cm³/mol. The average molecular weight is 349 g/mol. The van der Waals surface area contributed by atoms with Gasteiger partial charge >= 0.3 is 0 Å². The lowest BCUT2D eigenvalue weighted by atomic mass is 10.1. The lowest BCUT2D eigenvalue weighted by molar-refractivity contribution is -0.120. The van der Waals surface area contributed by atoms with E-state index >= 15 is 0 Å². The molecule has 130 valence electrons. The van der Waals surface area contributed by atoms with E-state index in [1.54, 1.807) is 0 Å². The van der Waals surface area contributed by atoms with Crippen LogP contribution in [0.5, 0.6) is 0 Å². The van der Waals surface area contributed by atoms with Crippen LogP contribution in [0.15, 0.2) is 24.3 Å². The fourth-order valence-corrected chi connectivity index (χ4v) is 2.80. The molecule has 1 aromatic carbocycles. The normalized spacial score (nSPS) is 12.2. The highest BCUT2D eigenvalue weighted by molar-refractivity contribution is 6.30. The minimum absolute atomic E-state index is 0.0154. The van der Waals surface area contributed by atoms with Gasteiger partial charge in [0.15, 0.2) is 0 Å². The number of hydrogen-bond acceptors (Lipinski definition) is 3. The van der Waals surface area contributed by atoms with Crippen molar-refractivity contribution in [2.75, 3.05) is 13.1 Å². The van der Waals surface area contributed by atoms with Crippen molar-refractivity contribution < 1.29 is 4.79 Å². The first-order valence-electron chi connectivity index (χ1n) is 8.23. The van der Waals surface area contributed by atoms with E-state index < -0.39 is 0 Å². The molecule has 1 aromatic heterocycles. The van der Waals surface area contributed by atoms with Crippen LogP contribution in [0.25, 0.3) is 5.69 Å². The van der Waals surface area contributed by atoms with Gasteiger partial charge in [-0.15, -0.1) is 0 Å². The molecular formula is C18H25ClN4O. The van der Waals surface area contributed by atoms with Crippen molar-refractivity contribution in [3.63, 3.8) is 0 Å². The van der Waals surface area contributed by atoms with Crippen molar-refractivity contribution >= 4 is 17.5 Å². The molecule has 0 unspecified atom stereocenters. The zero-order valence-corrected chi connectivity index (χ0v) is 15.4. The summed E-state index contributed by atoms with van der Waals surface area (Å²) in [4.78, 5) is 12.2. The Bertz CT molecular complexity index is 694. The van der Waals surface area contributed by atoms with Gasteiger partial charge in [0.25, 0.3) is 0 Å². The Balaban J connectivity index is 2.08. The third-order valence-corrected chi connectivity index (χ3v) is 4.26. The van der Waals surface area contributed by atoms with Gasteiger partial charge in [-0.25, -0.2) is 4.68 Å². The number of halogens is 1. The lowest BCUT2D eigenvalue weighted by Gasteiger charge is -2.13. The first kappa shape index (κ1) is 18.5. The van der Waals surface area contributed by atoms with Crippen molar-refractivity contribution in [2.24, 2.45) is 0 Å². The molecule has 0 aliphatic heterocycles. The maximum Gasteiger partial charge on any atom is 0.224 e. The molecule has 0 saturated carbocycles. The van der Waals surface area contributed by atoms with Gasteiger partial charge in [0.1, 0.15) is 0 Å². The maximum atomic E-state index is 12.2. The monoisotopic (exact) mass is 348 g/mol. The number of carbonyl (C=O) groups excluding carboxylic acids is 1. The van der Waals surface area contributed by atoms with E-state index in [1.807, 2.05) is 42.8 Å². The molecule has 2 rings (SSSR count). The lowest BCUT2D eigenvalue weighted by Crippen LogP contribution is -2.39. The molecule has 6 heteroatoms. The summed E-state index contributed by atoms with van der Waals surface area (Å²) in [6.07, 6.45) is 0.337. The quantitative estimate of drug-likeness (QED) is 0.809. The summed E-state index contributed by atoms with van der Waals surface area (Å²) in [5.41, 5.74) is 3.76. The molecular weight excluding hydrogens is 324 g/mol. The van der Waals surface area contributed by atoms with E-state index in [0.29, 0.717) is 18.0 Å². The van der Waals surface area contributed by atoms with E-state index in [4.69, 9.17) is 11.6 Å². The average Bonchev–Trinajstić information content (AvgIpc) is 2.82. The Hall–Kier alpha value is -1.85. The Morgan fingerprint density at radius 2 is 1.96 bits per heavy atom. The minimum atomic E-state index is 0.0154. The minimum Gasteiger partial charge on any atom is -0.354 e. The molecule has 0 saturated heterocycles. The molecule has 1 amide bonds. The number of rotatable bonds is 7. The number of carbonyl (C=O) groups is 1. The van der Waals surface area contributed by atoms with Gasteiger partial charge in [0.2, 0.25) is 5.91 Å². The van der Waals surface area contributed by atoms with E-state index in [1.165, 1.54) is 0 Å². The van der Waals surface area contributed by atoms with Crippen molar-refractivity contribution in [1.82, 2.24) is 20.4 Å². The number of hydrogen-bond donors (Lipinski definition) is 2. The summed E-state index contributed by atoms with van der Waals surface area (Å²) in [6, 6.07) is 7.77. The number of likely N-dealkylation sites (N-methyl/N-ethyl adjacent to an activating group) is 1. The molecule has 2 N–H and O–H groups in total. The van der Waals surface area contributed by atoms with Gasteiger partial charge in [-0.2, -0.15) is 5.10 Å². The third-order valence-electron chi connectivity index (χ3n) is 4.01. The summed E-state index contributed by atoms with van der Waals surface area (Å²) in [5, 5.41) is 11.5. The molecule has 0 aliphatic rings. The fourth-order valence-electron chi connectivity index (χ4n) is 2.68. The van der Waals surface area contributed by atoms with Gasteiger partial charge in [-0.3, -0.25) is 4.79 Å². The van der Waals surface area contributed by atoms with Crippen molar-refractivity contribution in [3.05, 3.63) is 46.2 Å². The number of amides is 1. The molecule has 24 heavy (non-hydrogen) atoms. The second kappa shape index (κ2) is 8.31. The van der Waals surface area contributed by atoms with Crippen LogP contribution in [-0.2, 0) is 11.2 Å². The highest BCUT2D eigenvalue weighted by Gasteiger charge is 2.16. The highest BCUT2D eigenvalue weighted by Crippen LogP contribution is 2.20. The van der Waals surface area contributed by atoms with Crippen molar-refractivity contribution in [2.45, 2.75) is 40.2 Å². The second-order valence-corrected chi connectivity index (χ2v) is 6.41. The number of benzene rings is 1. The van der Waals surface area contributed by atoms with Gasteiger partial charge in [-0.05, 0) is 51.6 Å². The Labute approximate surface area is 148 Å². The van der Waals surface area contributed by atoms with Crippen LogP contribution in [0.1, 0.15) is 30.8 Å². The van der Waals surface area contributed by atoms with Crippen molar-refractivity contribution in [3.8, 4) is 5.69 Å². The molecule has 0 fully saturated rings. The van der Waals surface area contributed by atoms with E-state index in [-0.39, 0.29) is 11.9 Å². The second-order valence-electron chi connectivity index (χ2n) is 5.98. The Morgan fingerprint density at radius 3 is 2.58 bits per heavy atom. The third kappa shape index (κ3) is 4.58. The van der Waals surface area contributed by atoms with Gasteiger partial charge in [-0.1, -0.05) is 18.5 Å². The molecule has 2 aromatic rings. The number of nitrogens with zero attached hydrogens (tertiary/aromatic N) is 2. The molecule has 1 atom stereocenters. The molecule has 0 bridgehead atoms. The Kier molecular flexibility index (Phi) is 6.40. The number of aromatic nitrogens is 2. The van der Waals surface area contributed by atoms with Gasteiger partial charge in [0.05, 0.1) is 17.8 Å². The van der Waals surface area contributed by atoms with Gasteiger partial charge in [0, 0.05) is 28.9 Å². The topological polar surface area (TPSA) is 58.9 Å². The smallest absolute Gasteiger partial charge is 0.224 e. The molecule has 0 spiro atoms. The van der Waals surface area contributed by atoms with Crippen LogP contribution in [-0.4, -0.2) is 34.8 Å². The van der Waals surface area contributed by atoms with E-state index in [9.17, 15) is 4.79 Å². The first-order valence-corrected chi connectivity index (χ1v) is 8.61. The van der Waals surface area contributed by atoms with Crippen LogP contribution in [0, 0.1) is 13.8 Å². The summed E-state index contributed by atoms with van der Waals surface area (Å²) >= 11 is 5.94. The standard InChI is InChI=1S/C18H25ClN4O/c1-5-20-12(2)11-21-18(24)10-17-13(3)22-23(14(17)4)16-8-6-15(19)7-9-16/h6-9,12,20H,5,10-11H2,1-4H3,(H,21,24)/t12-/m1/s1. The first-order chi connectivity index (χ1) is 11.4. The predicted octanol–water partition coefficient (Wildman–Crippen LogP) is 2.80. The molecule has 0 aliphatic carbocycles. The summed E-state index contributed by atoms with van der Waals surface area (Å²) in [6.45, 7) is 9.54. The molecule has 5 nitrogen and oxygen atoms in total. The zero-order chi connectivity index (χ0) is 17.7. The fraction of sp³-hybridized carbons (Fsp3) is 0.444. The largest absolute Gasteiger partial charge is 0.354 e. The maximum absolute atomic E-state index is 12.2. The van der Waals surface area contributed by atoms with Crippen LogP contribution >= 0.6 is 11.6 Å². The summed E-state index contributed by atoms with van der Waals surface area (Å²) in [7, 11) is 0. The van der Waals surface area contributed by atoms with Gasteiger partial charge < -0.3 is 10.6 Å².